The lowest BCUT2D eigenvalue weighted by atomic mass is 9.94. The molecule has 1 aromatic carbocycles. The van der Waals surface area contributed by atoms with Crippen LogP contribution in [0.3, 0.4) is 0 Å². The summed E-state index contributed by atoms with van der Waals surface area (Å²) in [4.78, 5) is 15.4. The van der Waals surface area contributed by atoms with Crippen LogP contribution in [0, 0.1) is 27.7 Å². The number of esters is 1. The van der Waals surface area contributed by atoms with Gasteiger partial charge in [-0.25, -0.2) is 4.98 Å². The van der Waals surface area contributed by atoms with Crippen LogP contribution in [0.1, 0.15) is 40.4 Å². The molecule has 23 heavy (non-hydrogen) atoms. The Morgan fingerprint density at radius 3 is 2.70 bits per heavy atom. The second-order valence-corrected chi connectivity index (χ2v) is 6.33. The molecule has 0 saturated carbocycles. The molecule has 2 rings (SSSR count). The standard InChI is InChI=1S/C17H21N3O2S/c1-10-6-11(2)16(8-22-14(5)21)13(4)15(10)7-18-20-17-19-12(3)9-23-17/h6-7,9H,8H2,1-5H3,(H,19,20). The molecule has 1 N–H and O–H groups in total. The minimum absolute atomic E-state index is 0.277. The highest BCUT2D eigenvalue weighted by Crippen LogP contribution is 2.22. The van der Waals surface area contributed by atoms with Crippen LogP contribution in [0.5, 0.6) is 0 Å². The Bertz CT molecular complexity index is 751. The molecular weight excluding hydrogens is 310 g/mol. The topological polar surface area (TPSA) is 63.6 Å². The van der Waals surface area contributed by atoms with Gasteiger partial charge in [0.05, 0.1) is 11.9 Å². The first kappa shape index (κ1) is 17.1. The highest BCUT2D eigenvalue weighted by Gasteiger charge is 2.11. The first-order valence-electron chi connectivity index (χ1n) is 7.32. The van der Waals surface area contributed by atoms with Crippen molar-refractivity contribution in [2.24, 2.45) is 5.10 Å². The van der Waals surface area contributed by atoms with Crippen LogP contribution in [-0.2, 0) is 16.1 Å². The number of nitrogens with one attached hydrogen (secondary N) is 1. The average molecular weight is 331 g/mol. The Morgan fingerprint density at radius 2 is 2.09 bits per heavy atom. The number of nitrogens with zero attached hydrogens (tertiary/aromatic N) is 2. The van der Waals surface area contributed by atoms with Gasteiger partial charge in [0.2, 0.25) is 5.13 Å². The lowest BCUT2D eigenvalue weighted by Gasteiger charge is -2.14. The molecular formula is C17H21N3O2S. The summed E-state index contributed by atoms with van der Waals surface area (Å²) in [5.74, 6) is -0.277. The summed E-state index contributed by atoms with van der Waals surface area (Å²) in [5.41, 5.74) is 9.29. The van der Waals surface area contributed by atoms with E-state index in [1.807, 2.05) is 33.1 Å². The second-order valence-electron chi connectivity index (χ2n) is 5.47. The Kier molecular flexibility index (Phi) is 5.50. The molecule has 5 nitrogen and oxygen atoms in total. The van der Waals surface area contributed by atoms with Crippen molar-refractivity contribution in [3.8, 4) is 0 Å². The maximum atomic E-state index is 11.1. The fourth-order valence-electron chi connectivity index (χ4n) is 2.40. The summed E-state index contributed by atoms with van der Waals surface area (Å²) in [7, 11) is 0. The van der Waals surface area contributed by atoms with E-state index in [2.05, 4.69) is 21.6 Å². The molecule has 0 spiro atoms. The highest BCUT2D eigenvalue weighted by molar-refractivity contribution is 7.13. The molecule has 0 fully saturated rings. The molecule has 6 heteroatoms. The maximum absolute atomic E-state index is 11.1. The van der Waals surface area contributed by atoms with E-state index in [0.717, 1.165) is 38.6 Å². The van der Waals surface area contributed by atoms with E-state index in [-0.39, 0.29) is 12.6 Å². The number of anilines is 1. The lowest BCUT2D eigenvalue weighted by molar-refractivity contribution is -0.142. The van der Waals surface area contributed by atoms with Gasteiger partial charge in [-0.05, 0) is 49.9 Å². The SMILES string of the molecule is CC(=O)OCc1c(C)cc(C)c(C=NNc2nc(C)cs2)c1C. The summed E-state index contributed by atoms with van der Waals surface area (Å²) < 4.78 is 5.15. The Balaban J connectivity index is 2.23. The van der Waals surface area contributed by atoms with Gasteiger partial charge in [-0.15, -0.1) is 11.3 Å². The van der Waals surface area contributed by atoms with Crippen LogP contribution in [0.4, 0.5) is 5.13 Å². The smallest absolute Gasteiger partial charge is 0.302 e. The monoisotopic (exact) mass is 331 g/mol. The molecule has 122 valence electrons. The van der Waals surface area contributed by atoms with Crippen LogP contribution in [0.2, 0.25) is 0 Å². The molecule has 0 atom stereocenters. The highest BCUT2D eigenvalue weighted by atomic mass is 32.1. The summed E-state index contributed by atoms with van der Waals surface area (Å²) in [6, 6.07) is 2.08. The largest absolute Gasteiger partial charge is 0.461 e. The van der Waals surface area contributed by atoms with E-state index in [1.54, 1.807) is 6.21 Å². The van der Waals surface area contributed by atoms with Crippen LogP contribution >= 0.6 is 11.3 Å². The van der Waals surface area contributed by atoms with Gasteiger partial charge in [-0.2, -0.15) is 5.10 Å². The fraction of sp³-hybridized carbons (Fsp3) is 0.353. The molecule has 1 aromatic heterocycles. The molecule has 0 unspecified atom stereocenters. The average Bonchev–Trinajstić information content (AvgIpc) is 2.87. The number of carbonyl (C=O) groups is 1. The summed E-state index contributed by atoms with van der Waals surface area (Å²) in [6.45, 7) is 9.74. The lowest BCUT2D eigenvalue weighted by Crippen LogP contribution is -2.06. The van der Waals surface area contributed by atoms with Gasteiger partial charge in [-0.1, -0.05) is 6.07 Å². The number of hydrazone groups is 1. The van der Waals surface area contributed by atoms with Crippen molar-refractivity contribution in [3.05, 3.63) is 45.0 Å². The third-order valence-corrected chi connectivity index (χ3v) is 4.45. The van der Waals surface area contributed by atoms with Gasteiger partial charge in [0, 0.05) is 17.9 Å². The summed E-state index contributed by atoms with van der Waals surface area (Å²) >= 11 is 1.52. The molecule has 0 bridgehead atoms. The number of ether oxygens (including phenoxy) is 1. The minimum atomic E-state index is -0.277. The van der Waals surface area contributed by atoms with Crippen molar-refractivity contribution in [1.29, 1.82) is 0 Å². The summed E-state index contributed by atoms with van der Waals surface area (Å²) in [6.07, 6.45) is 1.79. The normalized spacial score (nSPS) is 11.0. The van der Waals surface area contributed by atoms with E-state index in [1.165, 1.54) is 18.3 Å². The van der Waals surface area contributed by atoms with Gasteiger partial charge >= 0.3 is 5.97 Å². The number of rotatable bonds is 5. The van der Waals surface area contributed by atoms with Crippen molar-refractivity contribution < 1.29 is 9.53 Å². The molecule has 0 radical (unpaired) electrons. The third-order valence-electron chi connectivity index (χ3n) is 3.58. The quantitative estimate of drug-likeness (QED) is 0.513. The first-order valence-corrected chi connectivity index (χ1v) is 8.20. The number of hydrogen-bond donors (Lipinski definition) is 1. The minimum Gasteiger partial charge on any atom is -0.461 e. The number of carbonyl (C=O) groups excluding carboxylic acids is 1. The molecule has 0 saturated heterocycles. The predicted molar refractivity (Wildman–Crippen MR) is 94.2 cm³/mol. The van der Waals surface area contributed by atoms with Crippen molar-refractivity contribution in [3.63, 3.8) is 0 Å². The number of hydrogen-bond acceptors (Lipinski definition) is 6. The van der Waals surface area contributed by atoms with Crippen LogP contribution in [0.15, 0.2) is 16.5 Å². The Morgan fingerprint density at radius 1 is 1.35 bits per heavy atom. The molecule has 0 aliphatic carbocycles. The molecule has 0 aliphatic heterocycles. The number of thiazole rings is 1. The second kappa shape index (κ2) is 7.37. The van der Waals surface area contributed by atoms with Crippen molar-refractivity contribution in [2.75, 3.05) is 5.43 Å². The van der Waals surface area contributed by atoms with E-state index in [4.69, 9.17) is 4.74 Å². The fourth-order valence-corrected chi connectivity index (χ4v) is 3.03. The van der Waals surface area contributed by atoms with Gasteiger partial charge in [0.1, 0.15) is 6.61 Å². The van der Waals surface area contributed by atoms with E-state index < -0.39 is 0 Å². The van der Waals surface area contributed by atoms with Gasteiger partial charge < -0.3 is 4.74 Å². The van der Waals surface area contributed by atoms with Gasteiger partial charge in [-0.3, -0.25) is 10.2 Å². The summed E-state index contributed by atoms with van der Waals surface area (Å²) in [5, 5.41) is 7.01. The van der Waals surface area contributed by atoms with E-state index in [9.17, 15) is 4.79 Å². The zero-order valence-corrected chi connectivity index (χ0v) is 14.9. The Labute approximate surface area is 140 Å². The number of benzene rings is 1. The van der Waals surface area contributed by atoms with Gasteiger partial charge in [0.15, 0.2) is 0 Å². The molecule has 0 aliphatic rings. The van der Waals surface area contributed by atoms with E-state index >= 15 is 0 Å². The van der Waals surface area contributed by atoms with Crippen molar-refractivity contribution >= 4 is 28.7 Å². The van der Waals surface area contributed by atoms with Crippen molar-refractivity contribution in [1.82, 2.24) is 4.98 Å². The molecule has 1 heterocycles. The maximum Gasteiger partial charge on any atom is 0.302 e. The van der Waals surface area contributed by atoms with Crippen molar-refractivity contribution in [2.45, 2.75) is 41.2 Å². The molecule has 2 aromatic rings. The van der Waals surface area contributed by atoms with Crippen LogP contribution in [-0.4, -0.2) is 17.2 Å². The first-order chi connectivity index (χ1) is 10.9. The van der Waals surface area contributed by atoms with Gasteiger partial charge in [0.25, 0.3) is 0 Å². The zero-order chi connectivity index (χ0) is 17.0. The van der Waals surface area contributed by atoms with Crippen LogP contribution in [0.25, 0.3) is 0 Å². The number of aromatic nitrogens is 1. The Hall–Kier alpha value is -2.21. The zero-order valence-electron chi connectivity index (χ0n) is 14.1. The molecule has 0 amide bonds. The van der Waals surface area contributed by atoms with E-state index in [0.29, 0.717) is 0 Å². The third kappa shape index (κ3) is 4.39. The van der Waals surface area contributed by atoms with Crippen LogP contribution < -0.4 is 5.43 Å². The predicted octanol–water partition coefficient (Wildman–Crippen LogP) is 3.89. The number of aryl methyl sites for hydroxylation is 3.